The predicted octanol–water partition coefficient (Wildman–Crippen LogP) is 5.24. The zero-order valence-corrected chi connectivity index (χ0v) is 16.3. The first kappa shape index (κ1) is 18.9. The Morgan fingerprint density at radius 1 is 1.11 bits per heavy atom. The average molecular weight is 383 g/mol. The minimum absolute atomic E-state index is 0.322. The van der Waals surface area contributed by atoms with Gasteiger partial charge in [-0.3, -0.25) is 0 Å². The van der Waals surface area contributed by atoms with Gasteiger partial charge in [-0.2, -0.15) is 0 Å². The van der Waals surface area contributed by atoms with Gasteiger partial charge in [0, 0.05) is 16.3 Å². The number of nitrogens with zero attached hydrogens (tertiary/aromatic N) is 1. The summed E-state index contributed by atoms with van der Waals surface area (Å²) in [5, 5.41) is 1.49. The van der Waals surface area contributed by atoms with Crippen molar-refractivity contribution in [2.45, 2.75) is 13.8 Å². The lowest BCUT2D eigenvalue weighted by atomic mass is 10.1. The molecule has 0 spiro atoms. The molecule has 0 aliphatic rings. The molecular formula is C21H21NO4S. The third-order valence-corrected chi connectivity index (χ3v) is 4.95. The molecule has 0 N–H and O–H groups in total. The molecule has 0 saturated carbocycles. The van der Waals surface area contributed by atoms with E-state index in [1.807, 2.05) is 49.4 Å². The van der Waals surface area contributed by atoms with Crippen molar-refractivity contribution in [3.05, 3.63) is 53.6 Å². The standard InChI is InChI=1S/C21H21NO4S/c1-4-25-17-12-14(10-11-16(17)24-3)13-22-20-19(21(23)26-5-2)15-8-6-7-9-18(15)27-20/h6-13H,4-5H2,1-3H3. The molecule has 3 aromatic rings. The maximum atomic E-state index is 12.4. The molecular weight excluding hydrogens is 362 g/mol. The number of fused-ring (bicyclic) bond motifs is 1. The third kappa shape index (κ3) is 4.11. The van der Waals surface area contributed by atoms with Crippen LogP contribution in [0.25, 0.3) is 10.1 Å². The normalized spacial score (nSPS) is 11.1. The van der Waals surface area contributed by atoms with Gasteiger partial charge in [-0.25, -0.2) is 9.79 Å². The summed E-state index contributed by atoms with van der Waals surface area (Å²) >= 11 is 1.46. The van der Waals surface area contributed by atoms with Gasteiger partial charge in [-0.1, -0.05) is 18.2 Å². The van der Waals surface area contributed by atoms with Gasteiger partial charge in [0.25, 0.3) is 0 Å². The number of benzene rings is 2. The minimum atomic E-state index is -0.355. The summed E-state index contributed by atoms with van der Waals surface area (Å²) in [6, 6.07) is 13.3. The van der Waals surface area contributed by atoms with Gasteiger partial charge in [0.1, 0.15) is 10.6 Å². The van der Waals surface area contributed by atoms with Crippen molar-refractivity contribution < 1.29 is 19.0 Å². The Morgan fingerprint density at radius 2 is 1.93 bits per heavy atom. The van der Waals surface area contributed by atoms with Crippen LogP contribution in [0.2, 0.25) is 0 Å². The zero-order valence-electron chi connectivity index (χ0n) is 15.5. The molecule has 1 aromatic heterocycles. The van der Waals surface area contributed by atoms with E-state index in [4.69, 9.17) is 14.2 Å². The summed E-state index contributed by atoms with van der Waals surface area (Å²) in [6.07, 6.45) is 1.72. The molecule has 0 bridgehead atoms. The van der Waals surface area contributed by atoms with Crippen LogP contribution in [-0.2, 0) is 4.74 Å². The number of ether oxygens (including phenoxy) is 3. The van der Waals surface area contributed by atoms with Crippen molar-refractivity contribution in [2.75, 3.05) is 20.3 Å². The van der Waals surface area contributed by atoms with Crippen LogP contribution in [0.5, 0.6) is 11.5 Å². The zero-order chi connectivity index (χ0) is 19.2. The highest BCUT2D eigenvalue weighted by Gasteiger charge is 2.19. The van der Waals surface area contributed by atoms with E-state index in [0.717, 1.165) is 15.6 Å². The van der Waals surface area contributed by atoms with Gasteiger partial charge in [0.15, 0.2) is 11.5 Å². The SMILES string of the molecule is CCOC(=O)c1c(N=Cc2ccc(OC)c(OCC)c2)sc2ccccc12. The summed E-state index contributed by atoms with van der Waals surface area (Å²) in [5.74, 6) is 0.973. The van der Waals surface area contributed by atoms with Crippen molar-refractivity contribution in [1.82, 2.24) is 0 Å². The number of aliphatic imine (C=N–C) groups is 1. The fourth-order valence-electron chi connectivity index (χ4n) is 2.70. The number of carbonyl (C=O) groups is 1. The Labute approximate surface area is 162 Å². The van der Waals surface area contributed by atoms with Crippen LogP contribution >= 0.6 is 11.3 Å². The van der Waals surface area contributed by atoms with E-state index >= 15 is 0 Å². The Kier molecular flexibility index (Phi) is 6.08. The van der Waals surface area contributed by atoms with E-state index in [-0.39, 0.29) is 5.97 Å². The van der Waals surface area contributed by atoms with Crippen LogP contribution in [0.15, 0.2) is 47.5 Å². The van der Waals surface area contributed by atoms with Gasteiger partial charge in [0.05, 0.1) is 20.3 Å². The Bertz CT molecular complexity index is 977. The van der Waals surface area contributed by atoms with Gasteiger partial charge in [0.2, 0.25) is 0 Å². The van der Waals surface area contributed by atoms with Crippen molar-refractivity contribution in [3.63, 3.8) is 0 Å². The molecule has 3 rings (SSSR count). The second kappa shape index (κ2) is 8.68. The topological polar surface area (TPSA) is 57.1 Å². The number of thiophene rings is 1. The highest BCUT2D eigenvalue weighted by atomic mass is 32.1. The molecule has 6 heteroatoms. The molecule has 0 saturated heterocycles. The van der Waals surface area contributed by atoms with E-state index < -0.39 is 0 Å². The lowest BCUT2D eigenvalue weighted by molar-refractivity contribution is 0.0530. The van der Waals surface area contributed by atoms with E-state index in [9.17, 15) is 4.79 Å². The van der Waals surface area contributed by atoms with E-state index in [1.54, 1.807) is 20.2 Å². The Morgan fingerprint density at radius 3 is 2.67 bits per heavy atom. The molecule has 0 radical (unpaired) electrons. The summed E-state index contributed by atoms with van der Waals surface area (Å²) in [6.45, 7) is 4.58. The monoisotopic (exact) mass is 383 g/mol. The predicted molar refractivity (Wildman–Crippen MR) is 109 cm³/mol. The van der Waals surface area contributed by atoms with Crippen LogP contribution in [0.1, 0.15) is 29.8 Å². The maximum Gasteiger partial charge on any atom is 0.341 e. The Balaban J connectivity index is 2.00. The minimum Gasteiger partial charge on any atom is -0.493 e. The molecule has 2 aromatic carbocycles. The molecule has 140 valence electrons. The fourth-order valence-corrected chi connectivity index (χ4v) is 3.73. The molecule has 0 atom stereocenters. The van der Waals surface area contributed by atoms with Gasteiger partial charge in [-0.05, 0) is 43.7 Å². The number of carbonyl (C=O) groups excluding carboxylic acids is 1. The van der Waals surface area contributed by atoms with Gasteiger partial charge >= 0.3 is 5.97 Å². The number of rotatable bonds is 7. The first-order chi connectivity index (χ1) is 13.2. The smallest absolute Gasteiger partial charge is 0.341 e. The number of methoxy groups -OCH3 is 1. The van der Waals surface area contributed by atoms with Crippen molar-refractivity contribution in [3.8, 4) is 11.5 Å². The van der Waals surface area contributed by atoms with Gasteiger partial charge in [-0.15, -0.1) is 11.3 Å². The molecule has 0 aliphatic heterocycles. The number of hydrogen-bond acceptors (Lipinski definition) is 6. The molecule has 5 nitrogen and oxygen atoms in total. The van der Waals surface area contributed by atoms with Crippen molar-refractivity contribution >= 4 is 38.6 Å². The Hall–Kier alpha value is -2.86. The fraction of sp³-hybridized carbons (Fsp3) is 0.238. The van der Waals surface area contributed by atoms with Crippen molar-refractivity contribution in [1.29, 1.82) is 0 Å². The second-order valence-electron chi connectivity index (χ2n) is 5.60. The lowest BCUT2D eigenvalue weighted by Crippen LogP contribution is -2.03. The van der Waals surface area contributed by atoms with Crippen LogP contribution in [-0.4, -0.2) is 32.5 Å². The highest BCUT2D eigenvalue weighted by molar-refractivity contribution is 7.23. The van der Waals surface area contributed by atoms with Crippen LogP contribution < -0.4 is 9.47 Å². The lowest BCUT2D eigenvalue weighted by Gasteiger charge is -2.09. The van der Waals surface area contributed by atoms with E-state index in [2.05, 4.69) is 4.99 Å². The van der Waals surface area contributed by atoms with Crippen molar-refractivity contribution in [2.24, 2.45) is 4.99 Å². The summed E-state index contributed by atoms with van der Waals surface area (Å²) in [7, 11) is 1.61. The summed E-state index contributed by atoms with van der Waals surface area (Å²) < 4.78 is 17.1. The molecule has 1 heterocycles. The molecule has 0 fully saturated rings. The molecule has 0 amide bonds. The van der Waals surface area contributed by atoms with Crippen LogP contribution in [0.3, 0.4) is 0 Å². The first-order valence-corrected chi connectivity index (χ1v) is 9.53. The molecule has 0 aliphatic carbocycles. The maximum absolute atomic E-state index is 12.4. The van der Waals surface area contributed by atoms with Crippen LogP contribution in [0, 0.1) is 0 Å². The largest absolute Gasteiger partial charge is 0.493 e. The number of esters is 1. The first-order valence-electron chi connectivity index (χ1n) is 8.71. The quantitative estimate of drug-likeness (QED) is 0.414. The molecule has 27 heavy (non-hydrogen) atoms. The average Bonchev–Trinajstić information content (AvgIpc) is 3.05. The van der Waals surface area contributed by atoms with Gasteiger partial charge < -0.3 is 14.2 Å². The second-order valence-corrected chi connectivity index (χ2v) is 6.63. The molecule has 0 unspecified atom stereocenters. The van der Waals surface area contributed by atoms with E-state index in [0.29, 0.717) is 35.3 Å². The summed E-state index contributed by atoms with van der Waals surface area (Å²) in [4.78, 5) is 17.0. The third-order valence-electron chi connectivity index (χ3n) is 3.87. The van der Waals surface area contributed by atoms with Crippen LogP contribution in [0.4, 0.5) is 5.00 Å². The number of hydrogen-bond donors (Lipinski definition) is 0. The van der Waals surface area contributed by atoms with E-state index in [1.165, 1.54) is 11.3 Å². The highest BCUT2D eigenvalue weighted by Crippen LogP contribution is 2.38. The summed E-state index contributed by atoms with van der Waals surface area (Å²) in [5.41, 5.74) is 1.36.